The highest BCUT2D eigenvalue weighted by Gasteiger charge is 2.03. The van der Waals surface area contributed by atoms with Crippen molar-refractivity contribution >= 4 is 5.71 Å². The molecule has 0 bridgehead atoms. The van der Waals surface area contributed by atoms with Crippen LogP contribution in [-0.2, 0) is 6.42 Å². The molecule has 1 aromatic heterocycles. The van der Waals surface area contributed by atoms with Crippen LogP contribution in [-0.4, -0.2) is 15.7 Å². The van der Waals surface area contributed by atoms with Gasteiger partial charge < -0.3 is 5.73 Å². The highest BCUT2D eigenvalue weighted by molar-refractivity contribution is 6.03. The van der Waals surface area contributed by atoms with E-state index in [1.807, 2.05) is 0 Å². The summed E-state index contributed by atoms with van der Waals surface area (Å²) >= 11 is 0. The molecule has 0 atom stereocenters. The zero-order chi connectivity index (χ0) is 12.1. The second-order valence-corrected chi connectivity index (χ2v) is 4.31. The Bertz CT molecular complexity index is 386. The van der Waals surface area contributed by atoms with Gasteiger partial charge in [-0.25, -0.2) is 9.97 Å². The van der Waals surface area contributed by atoms with Gasteiger partial charge >= 0.3 is 0 Å². The summed E-state index contributed by atoms with van der Waals surface area (Å²) in [4.78, 5) is 8.30. The van der Waals surface area contributed by atoms with Crippen molar-refractivity contribution in [3.8, 4) is 0 Å². The van der Waals surface area contributed by atoms with E-state index in [-0.39, 0.29) is 5.71 Å². The van der Waals surface area contributed by atoms with Gasteiger partial charge in [0.1, 0.15) is 5.71 Å². The Kier molecular flexibility index (Phi) is 4.17. The fraction of sp³-hybridized carbons (Fsp3) is 0.417. The minimum Gasteiger partial charge on any atom is -0.402 e. The van der Waals surface area contributed by atoms with Crippen molar-refractivity contribution in [3.63, 3.8) is 0 Å². The van der Waals surface area contributed by atoms with Gasteiger partial charge in [0.25, 0.3) is 0 Å². The van der Waals surface area contributed by atoms with Crippen molar-refractivity contribution in [2.75, 3.05) is 0 Å². The Morgan fingerprint density at radius 3 is 2.44 bits per heavy atom. The van der Waals surface area contributed by atoms with Crippen molar-refractivity contribution in [1.82, 2.24) is 9.97 Å². The maximum absolute atomic E-state index is 7.69. The van der Waals surface area contributed by atoms with E-state index in [2.05, 4.69) is 23.8 Å². The molecule has 0 unspecified atom stereocenters. The predicted molar refractivity (Wildman–Crippen MR) is 65.3 cm³/mol. The van der Waals surface area contributed by atoms with E-state index in [1.54, 1.807) is 25.4 Å². The number of hydrogen-bond acceptors (Lipinski definition) is 4. The van der Waals surface area contributed by atoms with E-state index < -0.39 is 0 Å². The lowest BCUT2D eigenvalue weighted by Gasteiger charge is -2.04. The van der Waals surface area contributed by atoms with E-state index in [9.17, 15) is 0 Å². The van der Waals surface area contributed by atoms with Gasteiger partial charge in [-0.2, -0.15) is 0 Å². The number of nitrogens with two attached hydrogens (primary N) is 1. The molecule has 0 amide bonds. The fourth-order valence-electron chi connectivity index (χ4n) is 1.36. The van der Waals surface area contributed by atoms with Crippen molar-refractivity contribution in [3.05, 3.63) is 35.6 Å². The van der Waals surface area contributed by atoms with Gasteiger partial charge in [-0.05, 0) is 30.9 Å². The summed E-state index contributed by atoms with van der Waals surface area (Å²) in [5.74, 6) is 0.998. The van der Waals surface area contributed by atoms with Crippen LogP contribution in [0, 0.1) is 11.3 Å². The van der Waals surface area contributed by atoms with Crippen molar-refractivity contribution in [1.29, 1.82) is 5.41 Å². The summed E-state index contributed by atoms with van der Waals surface area (Å²) in [6.45, 7) is 6.04. The number of rotatable bonds is 4. The Balaban J connectivity index is 2.79. The molecule has 1 aromatic rings. The summed E-state index contributed by atoms with van der Waals surface area (Å²) in [6, 6.07) is 0. The van der Waals surface area contributed by atoms with Crippen molar-refractivity contribution < 1.29 is 0 Å². The maximum Gasteiger partial charge on any atom is 0.177 e. The minimum atomic E-state index is 0.246. The smallest absolute Gasteiger partial charge is 0.177 e. The quantitative estimate of drug-likeness (QED) is 0.758. The molecule has 0 saturated heterocycles. The van der Waals surface area contributed by atoms with Gasteiger partial charge in [-0.3, -0.25) is 5.41 Å². The van der Waals surface area contributed by atoms with E-state index in [4.69, 9.17) is 11.1 Å². The molecule has 86 valence electrons. The predicted octanol–water partition coefficient (Wildman–Crippen LogP) is 1.91. The molecule has 16 heavy (non-hydrogen) atoms. The van der Waals surface area contributed by atoms with Crippen molar-refractivity contribution in [2.24, 2.45) is 11.7 Å². The number of allylic oxidation sites excluding steroid dienone is 2. The minimum absolute atomic E-state index is 0.246. The monoisotopic (exact) mass is 218 g/mol. The number of aromatic nitrogens is 2. The van der Waals surface area contributed by atoms with Crippen LogP contribution in [0.1, 0.15) is 32.2 Å². The second-order valence-electron chi connectivity index (χ2n) is 4.31. The van der Waals surface area contributed by atoms with Gasteiger partial charge in [-0.1, -0.05) is 13.8 Å². The van der Waals surface area contributed by atoms with E-state index in [0.29, 0.717) is 17.4 Å². The van der Waals surface area contributed by atoms with Crippen LogP contribution in [0.25, 0.3) is 0 Å². The highest BCUT2D eigenvalue weighted by atomic mass is 14.9. The molecule has 0 aliphatic rings. The van der Waals surface area contributed by atoms with E-state index in [1.165, 1.54) is 0 Å². The molecule has 1 heterocycles. The summed E-state index contributed by atoms with van der Waals surface area (Å²) < 4.78 is 0. The molecule has 0 aliphatic carbocycles. The first-order valence-corrected chi connectivity index (χ1v) is 5.32. The normalized spacial score (nSPS) is 11.9. The van der Waals surface area contributed by atoms with Crippen LogP contribution in [0.3, 0.4) is 0 Å². The first-order chi connectivity index (χ1) is 7.49. The first-order valence-electron chi connectivity index (χ1n) is 5.32. The third kappa shape index (κ3) is 3.81. The third-order valence-electron chi connectivity index (χ3n) is 1.96. The molecule has 1 rings (SSSR count). The molecule has 0 radical (unpaired) electrons. The van der Waals surface area contributed by atoms with Crippen LogP contribution in [0.15, 0.2) is 24.2 Å². The SMILES string of the molecule is CC(N)=CC(=N)c1ncc(CC(C)C)cn1. The largest absolute Gasteiger partial charge is 0.402 e. The van der Waals surface area contributed by atoms with E-state index in [0.717, 1.165) is 12.0 Å². The number of hydrogen-bond donors (Lipinski definition) is 2. The van der Waals surface area contributed by atoms with E-state index >= 15 is 0 Å². The molecule has 0 aromatic carbocycles. The zero-order valence-electron chi connectivity index (χ0n) is 9.99. The standard InChI is InChI=1S/C12H18N4/c1-8(2)4-10-6-15-12(16-7-10)11(14)5-9(3)13/h5-8,14H,4,13H2,1-3H3. The fourth-order valence-corrected chi connectivity index (χ4v) is 1.36. The Morgan fingerprint density at radius 1 is 1.44 bits per heavy atom. The molecule has 3 N–H and O–H groups in total. The average molecular weight is 218 g/mol. The Hall–Kier alpha value is -1.71. The lowest BCUT2D eigenvalue weighted by atomic mass is 10.1. The summed E-state index contributed by atoms with van der Waals surface area (Å²) in [5, 5.41) is 7.69. The van der Waals surface area contributed by atoms with Gasteiger partial charge in [0, 0.05) is 18.1 Å². The molecule has 0 fully saturated rings. The van der Waals surface area contributed by atoms with Crippen LogP contribution in [0.2, 0.25) is 0 Å². The molecule has 0 aliphatic heterocycles. The van der Waals surface area contributed by atoms with Crippen molar-refractivity contribution in [2.45, 2.75) is 27.2 Å². The molecular weight excluding hydrogens is 200 g/mol. The Labute approximate surface area is 96.1 Å². The molecule has 0 spiro atoms. The molecular formula is C12H18N4. The Morgan fingerprint density at radius 2 is 2.00 bits per heavy atom. The number of nitrogens with one attached hydrogen (secondary N) is 1. The second kappa shape index (κ2) is 5.39. The highest BCUT2D eigenvalue weighted by Crippen LogP contribution is 2.05. The summed E-state index contributed by atoms with van der Waals surface area (Å²) in [6.07, 6.45) is 6.06. The average Bonchev–Trinajstić information content (AvgIpc) is 2.16. The third-order valence-corrected chi connectivity index (χ3v) is 1.96. The van der Waals surface area contributed by atoms with Gasteiger partial charge in [0.05, 0.1) is 0 Å². The van der Waals surface area contributed by atoms with Gasteiger partial charge in [-0.15, -0.1) is 0 Å². The first kappa shape index (κ1) is 12.4. The molecule has 4 nitrogen and oxygen atoms in total. The zero-order valence-corrected chi connectivity index (χ0v) is 9.99. The summed E-state index contributed by atoms with van der Waals surface area (Å²) in [5.41, 5.74) is 7.42. The van der Waals surface area contributed by atoms with Gasteiger partial charge in [0.2, 0.25) is 0 Å². The molecule has 0 saturated carbocycles. The lowest BCUT2D eigenvalue weighted by molar-refractivity contribution is 0.643. The van der Waals surface area contributed by atoms with Gasteiger partial charge in [0.15, 0.2) is 5.82 Å². The van der Waals surface area contributed by atoms with Crippen LogP contribution >= 0.6 is 0 Å². The molecule has 4 heteroatoms. The topological polar surface area (TPSA) is 75.7 Å². The number of nitrogens with zero attached hydrogens (tertiary/aromatic N) is 2. The van der Waals surface area contributed by atoms with Crippen LogP contribution < -0.4 is 5.73 Å². The van der Waals surface area contributed by atoms with Crippen LogP contribution in [0.5, 0.6) is 0 Å². The maximum atomic E-state index is 7.69. The summed E-state index contributed by atoms with van der Waals surface area (Å²) in [7, 11) is 0. The lowest BCUT2D eigenvalue weighted by Crippen LogP contribution is -2.06. The van der Waals surface area contributed by atoms with Crippen LogP contribution in [0.4, 0.5) is 0 Å².